The fraction of sp³-hybridized carbons (Fsp3) is 0.333. The minimum atomic E-state index is -1.22. The number of aliphatic carboxylic acids is 1. The van der Waals surface area contributed by atoms with Gasteiger partial charge in [0.15, 0.2) is 6.04 Å². The summed E-state index contributed by atoms with van der Waals surface area (Å²) in [4.78, 5) is 22.3. The van der Waals surface area contributed by atoms with Crippen molar-refractivity contribution in [3.63, 3.8) is 0 Å². The summed E-state index contributed by atoms with van der Waals surface area (Å²) in [6.07, 6.45) is 2.38. The van der Waals surface area contributed by atoms with Gasteiger partial charge in [-0.25, -0.2) is 9.59 Å². The molecule has 0 unspecified atom stereocenters. The predicted molar refractivity (Wildman–Crippen MR) is 49.1 cm³/mol. The van der Waals surface area contributed by atoms with Gasteiger partial charge in [-0.05, 0) is 18.1 Å². The molecule has 14 heavy (non-hydrogen) atoms. The lowest BCUT2D eigenvalue weighted by Gasteiger charge is -2.17. The Morgan fingerprint density at radius 1 is 1.64 bits per heavy atom. The molecule has 0 aliphatic carbocycles. The van der Waals surface area contributed by atoms with Gasteiger partial charge in [-0.1, -0.05) is 6.08 Å². The van der Waals surface area contributed by atoms with Crippen LogP contribution >= 0.6 is 0 Å². The van der Waals surface area contributed by atoms with Crippen molar-refractivity contribution in [1.82, 2.24) is 4.90 Å². The minimum Gasteiger partial charge on any atom is -0.479 e. The molecule has 2 N–H and O–H groups in total. The molecule has 0 saturated heterocycles. The van der Waals surface area contributed by atoms with Gasteiger partial charge in [-0.2, -0.15) is 0 Å². The van der Waals surface area contributed by atoms with Crippen LogP contribution in [-0.4, -0.2) is 39.8 Å². The average molecular weight is 197 g/mol. The van der Waals surface area contributed by atoms with Crippen molar-refractivity contribution in [2.75, 3.05) is 6.54 Å². The van der Waals surface area contributed by atoms with Gasteiger partial charge in [0.2, 0.25) is 0 Å². The summed E-state index contributed by atoms with van der Waals surface area (Å²) in [6, 6.07) is -1.05. The molecule has 5 nitrogen and oxygen atoms in total. The van der Waals surface area contributed by atoms with Crippen molar-refractivity contribution < 1.29 is 19.8 Å². The maximum Gasteiger partial charge on any atom is 0.408 e. The van der Waals surface area contributed by atoms with E-state index in [1.165, 1.54) is 6.08 Å². The number of allylic oxidation sites excluding steroid dienone is 1. The third kappa shape index (κ3) is 1.93. The molecular weight excluding hydrogens is 186 g/mol. The molecule has 0 fully saturated rings. The van der Waals surface area contributed by atoms with Gasteiger partial charge in [0.05, 0.1) is 0 Å². The summed E-state index contributed by atoms with van der Waals surface area (Å²) >= 11 is 0. The highest BCUT2D eigenvalue weighted by molar-refractivity contribution is 5.82. The SMILES string of the molecule is C=CCC1=C[C@@H](C(=O)O)N(C(=O)O)C1. The highest BCUT2D eigenvalue weighted by atomic mass is 16.4. The molecule has 1 heterocycles. The van der Waals surface area contributed by atoms with Crippen molar-refractivity contribution in [2.45, 2.75) is 12.5 Å². The molecule has 1 amide bonds. The molecule has 76 valence electrons. The first kappa shape index (κ1) is 10.3. The Balaban J connectivity index is 2.81. The fourth-order valence-corrected chi connectivity index (χ4v) is 1.39. The van der Waals surface area contributed by atoms with Gasteiger partial charge >= 0.3 is 12.1 Å². The predicted octanol–water partition coefficient (Wildman–Crippen LogP) is 0.936. The third-order valence-corrected chi connectivity index (χ3v) is 2.01. The Morgan fingerprint density at radius 2 is 2.29 bits per heavy atom. The molecule has 0 saturated carbocycles. The van der Waals surface area contributed by atoms with Crippen LogP contribution in [0.5, 0.6) is 0 Å². The van der Waals surface area contributed by atoms with Gasteiger partial charge in [-0.15, -0.1) is 6.58 Å². The van der Waals surface area contributed by atoms with Crippen LogP contribution in [-0.2, 0) is 4.79 Å². The van der Waals surface area contributed by atoms with Crippen molar-refractivity contribution in [2.24, 2.45) is 0 Å². The lowest BCUT2D eigenvalue weighted by atomic mass is 10.2. The van der Waals surface area contributed by atoms with E-state index in [0.29, 0.717) is 6.42 Å². The molecule has 1 atom stereocenters. The Kier molecular flexibility index (Phi) is 2.91. The Hall–Kier alpha value is -1.78. The van der Waals surface area contributed by atoms with Crippen LogP contribution < -0.4 is 0 Å². The molecule has 1 rings (SSSR count). The van der Waals surface area contributed by atoms with E-state index in [1.807, 2.05) is 0 Å². The Labute approximate surface area is 80.9 Å². The number of hydrogen-bond acceptors (Lipinski definition) is 2. The van der Waals surface area contributed by atoms with Crippen LogP contribution in [0.3, 0.4) is 0 Å². The molecule has 0 aromatic heterocycles. The average Bonchev–Trinajstić information content (AvgIpc) is 2.49. The van der Waals surface area contributed by atoms with E-state index >= 15 is 0 Å². The number of amides is 1. The summed E-state index contributed by atoms with van der Waals surface area (Å²) in [7, 11) is 0. The van der Waals surface area contributed by atoms with E-state index in [4.69, 9.17) is 10.2 Å². The largest absolute Gasteiger partial charge is 0.479 e. The normalized spacial score (nSPS) is 20.4. The summed E-state index contributed by atoms with van der Waals surface area (Å²) in [6.45, 7) is 3.66. The molecule has 1 aliphatic heterocycles. The second-order valence-corrected chi connectivity index (χ2v) is 3.01. The van der Waals surface area contributed by atoms with E-state index in [9.17, 15) is 9.59 Å². The summed E-state index contributed by atoms with van der Waals surface area (Å²) in [5, 5.41) is 17.5. The number of rotatable bonds is 3. The molecule has 0 aromatic carbocycles. The number of carbonyl (C=O) groups is 2. The summed E-state index contributed by atoms with van der Waals surface area (Å²) < 4.78 is 0. The van der Waals surface area contributed by atoms with E-state index < -0.39 is 18.1 Å². The number of carboxylic acids is 1. The van der Waals surface area contributed by atoms with Crippen LogP contribution in [0.4, 0.5) is 4.79 Å². The quantitative estimate of drug-likeness (QED) is 0.660. The first-order chi connectivity index (χ1) is 6.56. The second-order valence-electron chi connectivity index (χ2n) is 3.01. The topological polar surface area (TPSA) is 77.8 Å². The van der Waals surface area contributed by atoms with Gasteiger partial charge < -0.3 is 10.2 Å². The maximum atomic E-state index is 10.7. The van der Waals surface area contributed by atoms with Gasteiger partial charge in [0.1, 0.15) is 0 Å². The van der Waals surface area contributed by atoms with Crippen LogP contribution in [0.2, 0.25) is 0 Å². The van der Waals surface area contributed by atoms with Gasteiger partial charge in [0.25, 0.3) is 0 Å². The van der Waals surface area contributed by atoms with E-state index in [1.54, 1.807) is 6.08 Å². The smallest absolute Gasteiger partial charge is 0.408 e. The molecular formula is C9H11NO4. The summed E-state index contributed by atoms with van der Waals surface area (Å²) in [5.74, 6) is -1.15. The van der Waals surface area contributed by atoms with Crippen LogP contribution in [0.15, 0.2) is 24.3 Å². The molecule has 0 bridgehead atoms. The van der Waals surface area contributed by atoms with Crippen molar-refractivity contribution >= 4 is 12.1 Å². The number of hydrogen-bond donors (Lipinski definition) is 2. The second kappa shape index (κ2) is 3.95. The maximum absolute atomic E-state index is 10.7. The molecule has 5 heteroatoms. The van der Waals surface area contributed by atoms with Gasteiger partial charge in [0, 0.05) is 6.54 Å². The zero-order valence-corrected chi connectivity index (χ0v) is 7.51. The zero-order valence-electron chi connectivity index (χ0n) is 7.51. The zero-order chi connectivity index (χ0) is 10.7. The molecule has 1 aliphatic rings. The fourth-order valence-electron chi connectivity index (χ4n) is 1.39. The highest BCUT2D eigenvalue weighted by Crippen LogP contribution is 2.19. The number of carboxylic acid groups (broad SMARTS) is 2. The monoisotopic (exact) mass is 197 g/mol. The Bertz CT molecular complexity index is 308. The first-order valence-electron chi connectivity index (χ1n) is 4.09. The van der Waals surface area contributed by atoms with Crippen LogP contribution in [0.1, 0.15) is 6.42 Å². The summed E-state index contributed by atoms with van der Waals surface area (Å²) in [5.41, 5.74) is 0.773. The molecule has 0 aromatic rings. The molecule has 0 spiro atoms. The lowest BCUT2D eigenvalue weighted by molar-refractivity contribution is -0.140. The van der Waals surface area contributed by atoms with E-state index in [-0.39, 0.29) is 6.54 Å². The standard InChI is InChI=1S/C9H11NO4/c1-2-3-6-4-7(8(11)12)10(5-6)9(13)14/h2,4,7H,1,3,5H2,(H,11,12)(H,13,14)/t7-/m0/s1. The van der Waals surface area contributed by atoms with Crippen LogP contribution in [0, 0.1) is 0 Å². The van der Waals surface area contributed by atoms with E-state index in [2.05, 4.69) is 6.58 Å². The first-order valence-corrected chi connectivity index (χ1v) is 4.09. The highest BCUT2D eigenvalue weighted by Gasteiger charge is 2.33. The van der Waals surface area contributed by atoms with Crippen molar-refractivity contribution in [3.05, 3.63) is 24.3 Å². The lowest BCUT2D eigenvalue weighted by Crippen LogP contribution is -2.40. The number of nitrogens with zero attached hydrogens (tertiary/aromatic N) is 1. The van der Waals surface area contributed by atoms with E-state index in [0.717, 1.165) is 10.5 Å². The molecule has 0 radical (unpaired) electrons. The Morgan fingerprint density at radius 3 is 2.64 bits per heavy atom. The van der Waals surface area contributed by atoms with Crippen LogP contribution in [0.25, 0.3) is 0 Å². The van der Waals surface area contributed by atoms with Gasteiger partial charge in [-0.3, -0.25) is 4.90 Å². The van der Waals surface area contributed by atoms with Crippen molar-refractivity contribution in [1.29, 1.82) is 0 Å². The third-order valence-electron chi connectivity index (χ3n) is 2.01. The minimum absolute atomic E-state index is 0.151. The van der Waals surface area contributed by atoms with Crippen molar-refractivity contribution in [3.8, 4) is 0 Å².